The number of phenols is 1. The number of rotatable bonds is 2. The first-order valence-electron chi connectivity index (χ1n) is 3.79. The van der Waals surface area contributed by atoms with Crippen LogP contribution in [0.5, 0.6) is 5.75 Å². The molecule has 5 heteroatoms. The van der Waals surface area contributed by atoms with Gasteiger partial charge in [-0.25, -0.2) is 4.39 Å². The van der Waals surface area contributed by atoms with Crippen LogP contribution in [0.15, 0.2) is 16.6 Å². The quantitative estimate of drug-likeness (QED) is 0.830. The molecule has 1 aromatic carbocycles. The number of ether oxygens (including phenoxy) is 1. The first-order chi connectivity index (χ1) is 6.56. The van der Waals surface area contributed by atoms with E-state index in [0.29, 0.717) is 0 Å². The van der Waals surface area contributed by atoms with Crippen LogP contribution < -0.4 is 0 Å². The van der Waals surface area contributed by atoms with Gasteiger partial charge in [0, 0.05) is 5.56 Å². The van der Waals surface area contributed by atoms with Crippen LogP contribution in [0.4, 0.5) is 4.39 Å². The third kappa shape index (κ3) is 2.23. The van der Waals surface area contributed by atoms with E-state index in [2.05, 4.69) is 20.7 Å². The molecule has 0 atom stereocenters. The molecular weight excluding hydrogens is 255 g/mol. The van der Waals surface area contributed by atoms with Gasteiger partial charge >= 0.3 is 5.97 Å². The van der Waals surface area contributed by atoms with Gasteiger partial charge in [-0.3, -0.25) is 4.79 Å². The number of phenolic OH excluding ortho intramolecular Hbond substituents is 1. The van der Waals surface area contributed by atoms with Gasteiger partial charge in [-0.05, 0) is 28.1 Å². The minimum Gasteiger partial charge on any atom is -0.507 e. The van der Waals surface area contributed by atoms with E-state index >= 15 is 0 Å². The smallest absolute Gasteiger partial charge is 0.310 e. The maximum absolute atomic E-state index is 13.2. The lowest BCUT2D eigenvalue weighted by molar-refractivity contribution is -0.139. The van der Waals surface area contributed by atoms with Crippen LogP contribution in [0, 0.1) is 5.82 Å². The summed E-state index contributed by atoms with van der Waals surface area (Å²) in [4.78, 5) is 10.9. The van der Waals surface area contributed by atoms with Crippen molar-refractivity contribution in [3.8, 4) is 5.75 Å². The van der Waals surface area contributed by atoms with Crippen molar-refractivity contribution >= 4 is 21.9 Å². The largest absolute Gasteiger partial charge is 0.507 e. The van der Waals surface area contributed by atoms with Crippen molar-refractivity contribution in [2.45, 2.75) is 6.42 Å². The average Bonchev–Trinajstić information content (AvgIpc) is 2.18. The fourth-order valence-corrected chi connectivity index (χ4v) is 1.43. The van der Waals surface area contributed by atoms with Crippen LogP contribution in [-0.2, 0) is 16.0 Å². The molecule has 0 aliphatic rings. The SMILES string of the molecule is COC(=O)Cc1c(F)ccc(O)c1Br. The number of hydrogen-bond acceptors (Lipinski definition) is 3. The van der Waals surface area contributed by atoms with Crippen molar-refractivity contribution < 1.29 is 19.0 Å². The zero-order valence-electron chi connectivity index (χ0n) is 7.38. The summed E-state index contributed by atoms with van der Waals surface area (Å²) in [6.45, 7) is 0. The van der Waals surface area contributed by atoms with Gasteiger partial charge in [0.25, 0.3) is 0 Å². The number of esters is 1. The van der Waals surface area contributed by atoms with E-state index in [-0.39, 0.29) is 22.2 Å². The van der Waals surface area contributed by atoms with E-state index < -0.39 is 11.8 Å². The maximum atomic E-state index is 13.2. The second kappa shape index (κ2) is 4.41. The molecule has 0 aliphatic heterocycles. The highest BCUT2D eigenvalue weighted by atomic mass is 79.9. The van der Waals surface area contributed by atoms with Crippen LogP contribution in [0.2, 0.25) is 0 Å². The number of methoxy groups -OCH3 is 1. The summed E-state index contributed by atoms with van der Waals surface area (Å²) >= 11 is 2.99. The predicted octanol–water partition coefficient (Wildman–Crippen LogP) is 2.01. The molecule has 0 fully saturated rings. The Morgan fingerprint density at radius 2 is 2.29 bits per heavy atom. The van der Waals surface area contributed by atoms with Gasteiger partial charge in [0.1, 0.15) is 11.6 Å². The average molecular weight is 263 g/mol. The third-order valence-corrected chi connectivity index (χ3v) is 2.60. The number of aromatic hydroxyl groups is 1. The second-order valence-corrected chi connectivity index (χ2v) is 3.40. The van der Waals surface area contributed by atoms with Gasteiger partial charge in [0.05, 0.1) is 18.0 Å². The van der Waals surface area contributed by atoms with Crippen molar-refractivity contribution in [3.63, 3.8) is 0 Å². The molecule has 0 aliphatic carbocycles. The molecule has 0 amide bonds. The standard InChI is InChI=1S/C9H8BrFO3/c1-14-8(13)4-5-6(11)2-3-7(12)9(5)10/h2-3,12H,4H2,1H3. The fraction of sp³-hybridized carbons (Fsp3) is 0.222. The summed E-state index contributed by atoms with van der Waals surface area (Å²) in [5.41, 5.74) is 0.0943. The third-order valence-electron chi connectivity index (χ3n) is 1.71. The lowest BCUT2D eigenvalue weighted by atomic mass is 10.1. The normalized spacial score (nSPS) is 9.93. The molecule has 0 radical (unpaired) electrons. The Morgan fingerprint density at radius 1 is 1.64 bits per heavy atom. The molecule has 14 heavy (non-hydrogen) atoms. The van der Waals surface area contributed by atoms with E-state index in [1.54, 1.807) is 0 Å². The fourth-order valence-electron chi connectivity index (χ4n) is 0.964. The molecule has 0 saturated heterocycles. The summed E-state index contributed by atoms with van der Waals surface area (Å²) < 4.78 is 17.8. The maximum Gasteiger partial charge on any atom is 0.310 e. The van der Waals surface area contributed by atoms with E-state index in [0.717, 1.165) is 6.07 Å². The van der Waals surface area contributed by atoms with E-state index in [1.165, 1.54) is 13.2 Å². The highest BCUT2D eigenvalue weighted by Gasteiger charge is 2.14. The van der Waals surface area contributed by atoms with Crippen LogP contribution in [0.1, 0.15) is 5.56 Å². The first kappa shape index (κ1) is 11.0. The summed E-state index contributed by atoms with van der Waals surface area (Å²) in [5, 5.41) is 9.24. The lowest BCUT2D eigenvalue weighted by Crippen LogP contribution is -2.06. The lowest BCUT2D eigenvalue weighted by Gasteiger charge is -2.06. The van der Waals surface area contributed by atoms with Gasteiger partial charge in [-0.15, -0.1) is 0 Å². The van der Waals surface area contributed by atoms with E-state index in [9.17, 15) is 14.3 Å². The second-order valence-electron chi connectivity index (χ2n) is 2.61. The van der Waals surface area contributed by atoms with E-state index in [4.69, 9.17) is 0 Å². The number of carbonyl (C=O) groups is 1. The monoisotopic (exact) mass is 262 g/mol. The van der Waals surface area contributed by atoms with Crippen LogP contribution in [0.3, 0.4) is 0 Å². The highest BCUT2D eigenvalue weighted by molar-refractivity contribution is 9.10. The number of benzene rings is 1. The van der Waals surface area contributed by atoms with Crippen LogP contribution in [-0.4, -0.2) is 18.2 Å². The predicted molar refractivity (Wildman–Crippen MR) is 51.5 cm³/mol. The topological polar surface area (TPSA) is 46.5 Å². The summed E-state index contributed by atoms with van der Waals surface area (Å²) in [7, 11) is 1.22. The van der Waals surface area contributed by atoms with E-state index in [1.807, 2.05) is 0 Å². The number of carbonyl (C=O) groups excluding carboxylic acids is 1. The Labute approximate surface area is 88.6 Å². The van der Waals surface area contributed by atoms with Crippen molar-refractivity contribution in [3.05, 3.63) is 28.0 Å². The molecule has 0 saturated carbocycles. The zero-order valence-corrected chi connectivity index (χ0v) is 8.97. The number of halogens is 2. The Morgan fingerprint density at radius 3 is 2.86 bits per heavy atom. The molecule has 1 aromatic rings. The van der Waals surface area contributed by atoms with Gasteiger partial charge in [-0.1, -0.05) is 0 Å². The molecular formula is C9H8BrFO3. The molecule has 0 heterocycles. The van der Waals surface area contributed by atoms with Gasteiger partial charge in [0.2, 0.25) is 0 Å². The van der Waals surface area contributed by atoms with Gasteiger partial charge < -0.3 is 9.84 Å². The van der Waals surface area contributed by atoms with Gasteiger partial charge in [-0.2, -0.15) is 0 Å². The minimum atomic E-state index is -0.560. The molecule has 0 bridgehead atoms. The van der Waals surface area contributed by atoms with Gasteiger partial charge in [0.15, 0.2) is 0 Å². The molecule has 1 N–H and O–H groups in total. The Balaban J connectivity index is 3.06. The Bertz CT molecular complexity index is 365. The molecule has 1 rings (SSSR count). The summed E-state index contributed by atoms with van der Waals surface area (Å²) in [5.74, 6) is -1.22. The number of hydrogen-bond donors (Lipinski definition) is 1. The van der Waals surface area contributed by atoms with Crippen molar-refractivity contribution in [2.75, 3.05) is 7.11 Å². The molecule has 3 nitrogen and oxygen atoms in total. The molecule has 76 valence electrons. The molecule has 0 aromatic heterocycles. The Kier molecular flexibility index (Phi) is 3.46. The van der Waals surface area contributed by atoms with Crippen LogP contribution in [0.25, 0.3) is 0 Å². The van der Waals surface area contributed by atoms with Crippen molar-refractivity contribution in [1.82, 2.24) is 0 Å². The minimum absolute atomic E-state index is 0.0943. The van der Waals surface area contributed by atoms with Crippen molar-refractivity contribution in [2.24, 2.45) is 0 Å². The first-order valence-corrected chi connectivity index (χ1v) is 4.58. The molecule has 0 spiro atoms. The summed E-state index contributed by atoms with van der Waals surface area (Å²) in [6.07, 6.45) is -0.211. The van der Waals surface area contributed by atoms with Crippen LogP contribution >= 0.6 is 15.9 Å². The Hall–Kier alpha value is -1.10. The highest BCUT2D eigenvalue weighted by Crippen LogP contribution is 2.29. The summed E-state index contributed by atoms with van der Waals surface area (Å²) in [6, 6.07) is 2.30. The zero-order chi connectivity index (χ0) is 10.7. The van der Waals surface area contributed by atoms with Crippen molar-refractivity contribution in [1.29, 1.82) is 0 Å². The molecule has 0 unspecified atom stereocenters.